The van der Waals surface area contributed by atoms with Crippen LogP contribution in [0.25, 0.3) is 0 Å². The Morgan fingerprint density at radius 2 is 2.12 bits per heavy atom. The Hall–Kier alpha value is -1.35. The van der Waals surface area contributed by atoms with E-state index >= 15 is 0 Å². The first-order valence-electron chi connectivity index (χ1n) is 5.35. The van der Waals surface area contributed by atoms with Gasteiger partial charge in [0.25, 0.3) is 0 Å². The van der Waals surface area contributed by atoms with Gasteiger partial charge in [0, 0.05) is 18.0 Å². The Morgan fingerprint density at radius 3 is 2.62 bits per heavy atom. The predicted octanol–water partition coefficient (Wildman–Crippen LogP) is 2.06. The molecule has 88 valence electrons. The number of methoxy groups -OCH3 is 1. The SMILES string of the molecule is COc1ccc(C(C)C=O)cc1CN(C)C. The van der Waals surface area contributed by atoms with Gasteiger partial charge in [-0.25, -0.2) is 0 Å². The van der Waals surface area contributed by atoms with Gasteiger partial charge in [0.1, 0.15) is 12.0 Å². The average molecular weight is 221 g/mol. The van der Waals surface area contributed by atoms with Gasteiger partial charge in [0.2, 0.25) is 0 Å². The number of hydrogen-bond acceptors (Lipinski definition) is 3. The summed E-state index contributed by atoms with van der Waals surface area (Å²) >= 11 is 0. The minimum atomic E-state index is -0.0631. The third-order valence-corrected chi connectivity index (χ3v) is 2.52. The zero-order valence-electron chi connectivity index (χ0n) is 10.4. The van der Waals surface area contributed by atoms with Crippen LogP contribution in [-0.2, 0) is 11.3 Å². The molecular weight excluding hydrogens is 202 g/mol. The van der Waals surface area contributed by atoms with E-state index in [4.69, 9.17) is 4.74 Å². The molecule has 0 fully saturated rings. The number of rotatable bonds is 5. The van der Waals surface area contributed by atoms with Crippen LogP contribution in [0.4, 0.5) is 0 Å². The summed E-state index contributed by atoms with van der Waals surface area (Å²) in [5, 5.41) is 0. The standard InChI is InChI=1S/C13H19NO2/c1-10(9-15)11-5-6-13(16-4)12(7-11)8-14(2)3/h5-7,9-10H,8H2,1-4H3. The second-order valence-electron chi connectivity index (χ2n) is 4.23. The van der Waals surface area contributed by atoms with Gasteiger partial charge >= 0.3 is 0 Å². The quantitative estimate of drug-likeness (QED) is 0.713. The van der Waals surface area contributed by atoms with E-state index in [9.17, 15) is 4.79 Å². The van der Waals surface area contributed by atoms with Gasteiger partial charge in [-0.1, -0.05) is 19.1 Å². The van der Waals surface area contributed by atoms with Crippen molar-refractivity contribution < 1.29 is 9.53 Å². The van der Waals surface area contributed by atoms with Crippen LogP contribution in [0.2, 0.25) is 0 Å². The first-order chi connectivity index (χ1) is 7.58. The van der Waals surface area contributed by atoms with Crippen molar-refractivity contribution in [2.45, 2.75) is 19.4 Å². The molecule has 1 aromatic carbocycles. The van der Waals surface area contributed by atoms with E-state index in [-0.39, 0.29) is 5.92 Å². The third-order valence-electron chi connectivity index (χ3n) is 2.52. The van der Waals surface area contributed by atoms with Crippen molar-refractivity contribution in [1.82, 2.24) is 4.90 Å². The molecule has 3 heteroatoms. The Bertz CT molecular complexity index is 361. The number of benzene rings is 1. The molecule has 0 heterocycles. The lowest BCUT2D eigenvalue weighted by Crippen LogP contribution is -2.12. The highest BCUT2D eigenvalue weighted by Crippen LogP contribution is 2.24. The summed E-state index contributed by atoms with van der Waals surface area (Å²) in [5.74, 6) is 0.808. The summed E-state index contributed by atoms with van der Waals surface area (Å²) in [6.07, 6.45) is 0.960. The van der Waals surface area contributed by atoms with E-state index in [1.807, 2.05) is 39.2 Å². The maximum absolute atomic E-state index is 10.8. The van der Waals surface area contributed by atoms with Crippen LogP contribution in [-0.4, -0.2) is 32.4 Å². The number of nitrogens with zero attached hydrogens (tertiary/aromatic N) is 1. The molecule has 0 aliphatic heterocycles. The fourth-order valence-corrected chi connectivity index (χ4v) is 1.62. The van der Waals surface area contributed by atoms with Crippen molar-refractivity contribution in [3.8, 4) is 5.75 Å². The molecule has 1 unspecified atom stereocenters. The molecule has 0 N–H and O–H groups in total. The molecule has 16 heavy (non-hydrogen) atoms. The molecule has 0 aliphatic rings. The molecule has 3 nitrogen and oxygen atoms in total. The predicted molar refractivity (Wildman–Crippen MR) is 64.9 cm³/mol. The normalized spacial score (nSPS) is 12.6. The van der Waals surface area contributed by atoms with Crippen molar-refractivity contribution in [2.75, 3.05) is 21.2 Å². The molecule has 0 radical (unpaired) electrons. The monoisotopic (exact) mass is 221 g/mol. The highest BCUT2D eigenvalue weighted by Gasteiger charge is 2.09. The van der Waals surface area contributed by atoms with E-state index in [0.29, 0.717) is 0 Å². The Kier molecular flexibility index (Phi) is 4.50. The van der Waals surface area contributed by atoms with Crippen LogP contribution in [0, 0.1) is 0 Å². The fourth-order valence-electron chi connectivity index (χ4n) is 1.62. The van der Waals surface area contributed by atoms with Gasteiger partial charge in [-0.15, -0.1) is 0 Å². The molecule has 0 aromatic heterocycles. The zero-order chi connectivity index (χ0) is 12.1. The largest absolute Gasteiger partial charge is 0.496 e. The summed E-state index contributed by atoms with van der Waals surface area (Å²) in [6, 6.07) is 5.91. The molecule has 1 aromatic rings. The molecule has 0 aliphatic carbocycles. The minimum absolute atomic E-state index is 0.0631. The maximum atomic E-state index is 10.8. The molecule has 0 bridgehead atoms. The van der Waals surface area contributed by atoms with Crippen molar-refractivity contribution in [3.05, 3.63) is 29.3 Å². The summed E-state index contributed by atoms with van der Waals surface area (Å²) < 4.78 is 5.30. The summed E-state index contributed by atoms with van der Waals surface area (Å²) in [4.78, 5) is 12.8. The van der Waals surface area contributed by atoms with E-state index in [0.717, 1.165) is 29.7 Å². The van der Waals surface area contributed by atoms with Crippen molar-refractivity contribution in [2.24, 2.45) is 0 Å². The van der Waals surface area contributed by atoms with Crippen LogP contribution in [0.3, 0.4) is 0 Å². The van der Waals surface area contributed by atoms with E-state index in [1.54, 1.807) is 7.11 Å². The first kappa shape index (κ1) is 12.7. The first-order valence-corrected chi connectivity index (χ1v) is 5.35. The number of carbonyl (C=O) groups excluding carboxylic acids is 1. The highest BCUT2D eigenvalue weighted by atomic mass is 16.5. The maximum Gasteiger partial charge on any atom is 0.127 e. The number of hydrogen-bond donors (Lipinski definition) is 0. The minimum Gasteiger partial charge on any atom is -0.496 e. The van der Waals surface area contributed by atoms with Gasteiger partial charge in [-0.05, 0) is 25.7 Å². The second-order valence-corrected chi connectivity index (χ2v) is 4.23. The van der Waals surface area contributed by atoms with Crippen LogP contribution in [0.5, 0.6) is 5.75 Å². The van der Waals surface area contributed by atoms with Crippen LogP contribution >= 0.6 is 0 Å². The van der Waals surface area contributed by atoms with Gasteiger partial charge in [-0.3, -0.25) is 0 Å². The van der Waals surface area contributed by atoms with Crippen LogP contribution in [0.1, 0.15) is 24.0 Å². The molecule has 1 atom stereocenters. The molecule has 0 spiro atoms. The van der Waals surface area contributed by atoms with Crippen molar-refractivity contribution >= 4 is 6.29 Å². The van der Waals surface area contributed by atoms with Gasteiger partial charge in [0.15, 0.2) is 0 Å². The lowest BCUT2D eigenvalue weighted by atomic mass is 9.99. The topological polar surface area (TPSA) is 29.5 Å². The lowest BCUT2D eigenvalue weighted by molar-refractivity contribution is -0.108. The third kappa shape index (κ3) is 3.07. The summed E-state index contributed by atoms with van der Waals surface area (Å²) in [7, 11) is 5.68. The second kappa shape index (κ2) is 5.66. The van der Waals surface area contributed by atoms with Gasteiger partial charge < -0.3 is 14.4 Å². The number of aldehydes is 1. The molecule has 1 rings (SSSR count). The zero-order valence-corrected chi connectivity index (χ0v) is 10.4. The highest BCUT2D eigenvalue weighted by molar-refractivity contribution is 5.62. The summed E-state index contributed by atoms with van der Waals surface area (Å²) in [6.45, 7) is 2.71. The average Bonchev–Trinajstić information content (AvgIpc) is 2.27. The van der Waals surface area contributed by atoms with E-state index in [2.05, 4.69) is 4.90 Å². The van der Waals surface area contributed by atoms with E-state index < -0.39 is 0 Å². The summed E-state index contributed by atoms with van der Waals surface area (Å²) in [5.41, 5.74) is 2.14. The van der Waals surface area contributed by atoms with Gasteiger partial charge in [0.05, 0.1) is 7.11 Å². The molecule has 0 saturated heterocycles. The van der Waals surface area contributed by atoms with Crippen molar-refractivity contribution in [1.29, 1.82) is 0 Å². The van der Waals surface area contributed by atoms with Crippen LogP contribution in [0.15, 0.2) is 18.2 Å². The van der Waals surface area contributed by atoms with E-state index in [1.165, 1.54) is 0 Å². The fraction of sp³-hybridized carbons (Fsp3) is 0.462. The Morgan fingerprint density at radius 1 is 1.44 bits per heavy atom. The Balaban J connectivity index is 3.05. The van der Waals surface area contributed by atoms with Gasteiger partial charge in [-0.2, -0.15) is 0 Å². The number of carbonyl (C=O) groups is 1. The lowest BCUT2D eigenvalue weighted by Gasteiger charge is -2.15. The Labute approximate surface area is 97.0 Å². The molecule has 0 amide bonds. The van der Waals surface area contributed by atoms with Crippen molar-refractivity contribution in [3.63, 3.8) is 0 Å². The molecule has 0 saturated carbocycles. The molecular formula is C13H19NO2. The van der Waals surface area contributed by atoms with Crippen LogP contribution < -0.4 is 4.74 Å². The number of ether oxygens (including phenoxy) is 1. The smallest absolute Gasteiger partial charge is 0.127 e.